The predicted octanol–water partition coefficient (Wildman–Crippen LogP) is 3.93. The van der Waals surface area contributed by atoms with Gasteiger partial charge in [0.15, 0.2) is 5.78 Å². The highest BCUT2D eigenvalue weighted by molar-refractivity contribution is 5.80. The lowest BCUT2D eigenvalue weighted by Gasteiger charge is -2.14. The van der Waals surface area contributed by atoms with Crippen LogP contribution in [0.2, 0.25) is 0 Å². The van der Waals surface area contributed by atoms with Crippen molar-refractivity contribution in [2.24, 2.45) is 5.41 Å². The fraction of sp³-hybridized carbons (Fsp3) is 0.409. The first-order chi connectivity index (χ1) is 14.6. The topological polar surface area (TPSA) is 99.5 Å². The van der Waals surface area contributed by atoms with Gasteiger partial charge in [0.2, 0.25) is 0 Å². The van der Waals surface area contributed by atoms with Crippen LogP contribution in [-0.2, 0) is 17.8 Å². The molecule has 1 saturated carbocycles. The van der Waals surface area contributed by atoms with Crippen LogP contribution in [0.15, 0.2) is 35.1 Å². The van der Waals surface area contributed by atoms with Gasteiger partial charge in [0.05, 0.1) is 35.4 Å². The number of nitrogens with zero attached hydrogens (tertiary/aromatic N) is 4. The smallest absolute Gasteiger partial charge is 0.298 e. The molecule has 1 fully saturated rings. The molecule has 0 radical (unpaired) electrons. The summed E-state index contributed by atoms with van der Waals surface area (Å²) in [5.74, 6) is -0.239. The van der Waals surface area contributed by atoms with Gasteiger partial charge in [0.25, 0.3) is 5.56 Å². The lowest BCUT2D eigenvalue weighted by Crippen LogP contribution is -2.29. The molecule has 0 unspecified atom stereocenters. The normalized spacial score (nSPS) is 14.5. The van der Waals surface area contributed by atoms with Gasteiger partial charge in [-0.3, -0.25) is 14.2 Å². The van der Waals surface area contributed by atoms with Gasteiger partial charge in [-0.25, -0.2) is 4.98 Å². The Bertz CT molecular complexity index is 1120. The Morgan fingerprint density at radius 1 is 1.19 bits per heavy atom. The second kappa shape index (κ2) is 8.73. The fourth-order valence-electron chi connectivity index (χ4n) is 3.31. The number of halogens is 3. The van der Waals surface area contributed by atoms with E-state index in [-0.39, 0.29) is 43.1 Å². The largest absolute Gasteiger partial charge is 0.389 e. The lowest BCUT2D eigenvalue weighted by atomic mass is 10.0. The predicted molar refractivity (Wildman–Crippen MR) is 105 cm³/mol. The van der Waals surface area contributed by atoms with Crippen molar-refractivity contribution in [1.82, 2.24) is 9.55 Å². The summed E-state index contributed by atoms with van der Waals surface area (Å²) in [5.41, 5.74) is -0.0115. The second-order valence-corrected chi connectivity index (χ2v) is 7.75. The Morgan fingerprint density at radius 2 is 1.87 bits per heavy atom. The number of nitriles is 2. The van der Waals surface area contributed by atoms with Gasteiger partial charge in [0, 0.05) is 30.9 Å². The minimum absolute atomic E-state index is 0.00923. The molecule has 1 aliphatic rings. The highest BCUT2D eigenvalue weighted by Crippen LogP contribution is 2.48. The summed E-state index contributed by atoms with van der Waals surface area (Å²) < 4.78 is 38.9. The van der Waals surface area contributed by atoms with Crippen LogP contribution in [0.5, 0.6) is 0 Å². The highest BCUT2D eigenvalue weighted by Gasteiger charge is 2.44. The van der Waals surface area contributed by atoms with Gasteiger partial charge in [-0.2, -0.15) is 23.7 Å². The van der Waals surface area contributed by atoms with Crippen molar-refractivity contribution in [3.8, 4) is 23.4 Å². The van der Waals surface area contributed by atoms with Gasteiger partial charge < -0.3 is 0 Å². The van der Waals surface area contributed by atoms with E-state index in [1.54, 1.807) is 24.3 Å². The number of hydrogen-bond acceptors (Lipinski definition) is 5. The van der Waals surface area contributed by atoms with Gasteiger partial charge in [-0.1, -0.05) is 12.1 Å². The molecular weight excluding hydrogens is 409 g/mol. The number of rotatable bonds is 8. The van der Waals surface area contributed by atoms with Crippen molar-refractivity contribution in [2.45, 2.75) is 51.2 Å². The van der Waals surface area contributed by atoms with Crippen LogP contribution in [0.4, 0.5) is 13.2 Å². The molecule has 9 heteroatoms. The lowest BCUT2D eigenvalue weighted by molar-refractivity contribution is -0.135. The van der Waals surface area contributed by atoms with E-state index in [9.17, 15) is 22.8 Å². The van der Waals surface area contributed by atoms with E-state index in [1.807, 2.05) is 6.07 Å². The first-order valence-corrected chi connectivity index (χ1v) is 9.76. The Labute approximate surface area is 176 Å². The SMILES string of the molecule is N#Cc1ccc(-c2cc(=O)n(CC(=O)CC3(C#N)CC3)c(CCCC(F)(F)F)n2)cc1. The van der Waals surface area contributed by atoms with Crippen LogP contribution >= 0.6 is 0 Å². The van der Waals surface area contributed by atoms with E-state index >= 15 is 0 Å². The van der Waals surface area contributed by atoms with Crippen molar-refractivity contribution in [3.63, 3.8) is 0 Å². The second-order valence-electron chi connectivity index (χ2n) is 7.75. The average molecular weight is 428 g/mol. The summed E-state index contributed by atoms with van der Waals surface area (Å²) in [5, 5.41) is 18.1. The summed E-state index contributed by atoms with van der Waals surface area (Å²) in [7, 11) is 0. The summed E-state index contributed by atoms with van der Waals surface area (Å²) in [6, 6.07) is 11.6. The van der Waals surface area contributed by atoms with E-state index < -0.39 is 23.6 Å². The zero-order valence-electron chi connectivity index (χ0n) is 16.6. The summed E-state index contributed by atoms with van der Waals surface area (Å²) in [4.78, 5) is 29.5. The Morgan fingerprint density at radius 3 is 2.42 bits per heavy atom. The minimum Gasteiger partial charge on any atom is -0.298 e. The number of aromatic nitrogens is 2. The quantitative estimate of drug-likeness (QED) is 0.634. The molecule has 160 valence electrons. The van der Waals surface area contributed by atoms with Gasteiger partial charge in [0.1, 0.15) is 5.82 Å². The number of carbonyl (C=O) groups is 1. The highest BCUT2D eigenvalue weighted by atomic mass is 19.4. The number of alkyl halides is 3. The molecule has 1 heterocycles. The molecule has 2 aromatic rings. The molecule has 0 aliphatic heterocycles. The maximum Gasteiger partial charge on any atom is 0.389 e. The number of aryl methyl sites for hydroxylation is 1. The van der Waals surface area contributed by atoms with Crippen molar-refractivity contribution in [3.05, 3.63) is 52.1 Å². The molecule has 1 aromatic carbocycles. The molecule has 6 nitrogen and oxygen atoms in total. The number of benzene rings is 1. The zero-order chi connectivity index (χ0) is 22.6. The van der Waals surface area contributed by atoms with Crippen molar-refractivity contribution in [2.75, 3.05) is 0 Å². The monoisotopic (exact) mass is 428 g/mol. The van der Waals surface area contributed by atoms with Crippen molar-refractivity contribution in [1.29, 1.82) is 10.5 Å². The molecule has 1 aromatic heterocycles. The van der Waals surface area contributed by atoms with Gasteiger partial charge >= 0.3 is 6.18 Å². The average Bonchev–Trinajstić information content (AvgIpc) is 3.49. The Hall–Kier alpha value is -3.46. The maximum atomic E-state index is 12.7. The number of Topliss-reactive ketones (excluding diaryl/α,β-unsaturated/α-hetero) is 1. The zero-order valence-corrected chi connectivity index (χ0v) is 16.6. The third kappa shape index (κ3) is 5.79. The standard InChI is InChI=1S/C22H19F3N4O2/c23-22(24,25)7-1-2-19-28-18(16-5-3-15(12-26)4-6-16)10-20(31)29(19)13-17(30)11-21(14-27)8-9-21/h3-6,10H,1-2,7-9,11,13H2. The van der Waals surface area contributed by atoms with Crippen LogP contribution in [0.25, 0.3) is 11.3 Å². The molecule has 31 heavy (non-hydrogen) atoms. The molecule has 0 spiro atoms. The van der Waals surface area contributed by atoms with E-state index in [0.29, 0.717) is 24.0 Å². The van der Waals surface area contributed by atoms with E-state index in [1.165, 1.54) is 6.07 Å². The van der Waals surface area contributed by atoms with E-state index in [0.717, 1.165) is 4.57 Å². The Kier molecular flexibility index (Phi) is 6.26. The molecule has 0 amide bonds. The maximum absolute atomic E-state index is 12.7. The summed E-state index contributed by atoms with van der Waals surface area (Å²) in [6.45, 7) is -0.329. The summed E-state index contributed by atoms with van der Waals surface area (Å²) >= 11 is 0. The van der Waals surface area contributed by atoms with Crippen LogP contribution < -0.4 is 5.56 Å². The first-order valence-electron chi connectivity index (χ1n) is 9.76. The van der Waals surface area contributed by atoms with Gasteiger partial charge in [-0.15, -0.1) is 0 Å². The third-order valence-corrected chi connectivity index (χ3v) is 5.22. The van der Waals surface area contributed by atoms with Crippen molar-refractivity contribution < 1.29 is 18.0 Å². The van der Waals surface area contributed by atoms with E-state index in [2.05, 4.69) is 11.1 Å². The summed E-state index contributed by atoms with van der Waals surface area (Å²) in [6.07, 6.45) is -4.52. The molecule has 0 saturated heterocycles. The molecule has 0 bridgehead atoms. The van der Waals surface area contributed by atoms with Crippen LogP contribution in [0.1, 0.15) is 43.5 Å². The Balaban J connectivity index is 1.90. The molecule has 0 atom stereocenters. The minimum atomic E-state index is -4.34. The molecule has 1 aliphatic carbocycles. The number of carbonyl (C=O) groups excluding carboxylic acids is 1. The van der Waals surface area contributed by atoms with Crippen LogP contribution in [-0.4, -0.2) is 21.5 Å². The van der Waals surface area contributed by atoms with Crippen LogP contribution in [0.3, 0.4) is 0 Å². The van der Waals surface area contributed by atoms with E-state index in [4.69, 9.17) is 10.5 Å². The first kappa shape index (κ1) is 22.2. The molecule has 3 rings (SSSR count). The van der Waals surface area contributed by atoms with Crippen LogP contribution in [0, 0.1) is 28.1 Å². The fourth-order valence-corrected chi connectivity index (χ4v) is 3.31. The number of hydrogen-bond donors (Lipinski definition) is 0. The molecule has 0 N–H and O–H groups in total. The van der Waals surface area contributed by atoms with Gasteiger partial charge in [-0.05, 0) is 31.4 Å². The van der Waals surface area contributed by atoms with Crippen molar-refractivity contribution >= 4 is 5.78 Å². The number of ketones is 1. The third-order valence-electron chi connectivity index (χ3n) is 5.22. The molecular formula is C22H19F3N4O2.